The van der Waals surface area contributed by atoms with E-state index in [9.17, 15) is 4.79 Å². The molecule has 0 spiro atoms. The number of hydrogen-bond acceptors (Lipinski definition) is 2. The highest BCUT2D eigenvalue weighted by atomic mass is 16.2. The Morgan fingerprint density at radius 3 is 2.35 bits per heavy atom. The van der Waals surface area contributed by atoms with Gasteiger partial charge in [-0.2, -0.15) is 5.10 Å². The molecule has 26 heavy (non-hydrogen) atoms. The van der Waals surface area contributed by atoms with Crippen LogP contribution in [0.25, 0.3) is 0 Å². The normalized spacial score (nSPS) is 50.2. The summed E-state index contributed by atoms with van der Waals surface area (Å²) in [5, 5.41) is 4.69. The van der Waals surface area contributed by atoms with E-state index in [1.807, 2.05) is 6.20 Å². The van der Waals surface area contributed by atoms with E-state index < -0.39 is 0 Å². The van der Waals surface area contributed by atoms with Crippen molar-refractivity contribution in [1.82, 2.24) is 14.7 Å². The number of likely N-dealkylation sites (tertiary alicyclic amines) is 1. The molecular weight excluding hydrogens is 322 g/mol. The second-order valence-electron chi connectivity index (χ2n) is 11.0. The quantitative estimate of drug-likeness (QED) is 0.837. The number of carbonyl (C=O) groups is 1. The molecule has 0 aromatic carbocycles. The van der Waals surface area contributed by atoms with E-state index in [-0.39, 0.29) is 11.0 Å². The van der Waals surface area contributed by atoms with Gasteiger partial charge in [0.25, 0.3) is 0 Å². The maximum absolute atomic E-state index is 13.4. The van der Waals surface area contributed by atoms with Crippen molar-refractivity contribution in [3.8, 4) is 0 Å². The molecule has 1 aromatic heterocycles. The molecule has 1 aliphatic heterocycles. The molecule has 6 aliphatic carbocycles. The summed E-state index contributed by atoms with van der Waals surface area (Å²) in [5.41, 5.74) is 1.59. The van der Waals surface area contributed by atoms with Crippen molar-refractivity contribution in [2.75, 3.05) is 13.1 Å². The first-order chi connectivity index (χ1) is 12.5. The molecule has 1 saturated heterocycles. The summed E-state index contributed by atoms with van der Waals surface area (Å²) in [6, 6.07) is 0. The van der Waals surface area contributed by atoms with Crippen LogP contribution in [0.2, 0.25) is 0 Å². The average Bonchev–Trinajstić information content (AvgIpc) is 3.10. The Morgan fingerprint density at radius 2 is 1.77 bits per heavy atom. The monoisotopic (exact) mass is 351 g/mol. The van der Waals surface area contributed by atoms with Gasteiger partial charge < -0.3 is 4.90 Å². The first-order valence-electron chi connectivity index (χ1n) is 10.8. The van der Waals surface area contributed by atoms with Crippen molar-refractivity contribution < 1.29 is 4.79 Å². The Labute approximate surface area is 155 Å². The van der Waals surface area contributed by atoms with Crippen LogP contribution in [-0.2, 0) is 16.8 Å². The molecule has 1 aromatic rings. The van der Waals surface area contributed by atoms with Gasteiger partial charge in [0.05, 0.1) is 17.2 Å². The standard InChI is InChI=1S/C22H29N3O/c1-11(2)8-12-9-23-25(10-12)21(3)4-6-24(7-5-21)20(26)22-17-14-13-15(17)19(22)16(13)18(14)22/h9-11,13-19H,4-8H2,1-3H3. The highest BCUT2D eigenvalue weighted by molar-refractivity contribution is 5.91. The van der Waals surface area contributed by atoms with E-state index in [2.05, 4.69) is 41.6 Å². The highest BCUT2D eigenvalue weighted by Gasteiger charge is 3.06. The molecular formula is C22H29N3O. The van der Waals surface area contributed by atoms with Crippen LogP contribution in [0.3, 0.4) is 0 Å². The van der Waals surface area contributed by atoms with Crippen LogP contribution in [0, 0.1) is 52.8 Å². The van der Waals surface area contributed by atoms with Crippen LogP contribution in [0.4, 0.5) is 0 Å². The van der Waals surface area contributed by atoms with Gasteiger partial charge in [0.1, 0.15) is 0 Å². The lowest BCUT2D eigenvalue weighted by atomic mass is 8.96. The maximum atomic E-state index is 13.4. The third kappa shape index (κ3) is 1.21. The smallest absolute Gasteiger partial charge is 0.229 e. The molecule has 0 N–H and O–H groups in total. The molecule has 138 valence electrons. The Kier molecular flexibility index (Phi) is 2.30. The minimum atomic E-state index is 0.0675. The van der Waals surface area contributed by atoms with Crippen LogP contribution in [0.5, 0.6) is 0 Å². The summed E-state index contributed by atoms with van der Waals surface area (Å²) in [5.74, 6) is 7.80. The molecule has 7 aliphatic rings. The molecule has 4 nitrogen and oxygen atoms in total. The Balaban J connectivity index is 1.05. The van der Waals surface area contributed by atoms with Crippen molar-refractivity contribution in [2.24, 2.45) is 52.8 Å². The zero-order valence-corrected chi connectivity index (χ0v) is 16.1. The van der Waals surface area contributed by atoms with Gasteiger partial charge >= 0.3 is 0 Å². The van der Waals surface area contributed by atoms with Crippen molar-refractivity contribution in [3.05, 3.63) is 18.0 Å². The summed E-state index contributed by atoms with van der Waals surface area (Å²) < 4.78 is 2.19. The molecule has 0 bridgehead atoms. The summed E-state index contributed by atoms with van der Waals surface area (Å²) in [4.78, 5) is 15.6. The third-order valence-electron chi connectivity index (χ3n) is 9.81. The molecule has 0 atom stereocenters. The van der Waals surface area contributed by atoms with Gasteiger partial charge in [-0.25, -0.2) is 0 Å². The number of piperidine rings is 1. The van der Waals surface area contributed by atoms with Gasteiger partial charge in [-0.3, -0.25) is 9.48 Å². The molecule has 7 fully saturated rings. The number of carbonyl (C=O) groups excluding carboxylic acids is 1. The van der Waals surface area contributed by atoms with Crippen LogP contribution < -0.4 is 0 Å². The number of nitrogens with zero attached hydrogens (tertiary/aromatic N) is 3. The Bertz CT molecular complexity index is 779. The van der Waals surface area contributed by atoms with E-state index in [4.69, 9.17) is 0 Å². The van der Waals surface area contributed by atoms with Gasteiger partial charge in [0.15, 0.2) is 0 Å². The lowest BCUT2D eigenvalue weighted by Crippen LogP contribution is -3.07. The molecule has 0 unspecified atom stereocenters. The molecule has 8 rings (SSSR count). The van der Waals surface area contributed by atoms with Gasteiger partial charge in [-0.1, -0.05) is 13.8 Å². The minimum Gasteiger partial charge on any atom is -0.342 e. The molecule has 4 heteroatoms. The van der Waals surface area contributed by atoms with E-state index in [0.717, 1.165) is 73.8 Å². The van der Waals surface area contributed by atoms with E-state index in [1.165, 1.54) is 5.56 Å². The largest absolute Gasteiger partial charge is 0.342 e. The fourth-order valence-electron chi connectivity index (χ4n) is 8.79. The fraction of sp³-hybridized carbons (Fsp3) is 0.818. The van der Waals surface area contributed by atoms with Gasteiger partial charge in [0.2, 0.25) is 5.91 Å². The number of amides is 1. The van der Waals surface area contributed by atoms with Crippen LogP contribution in [0.1, 0.15) is 39.2 Å². The topological polar surface area (TPSA) is 38.1 Å². The predicted octanol–water partition coefficient (Wildman–Crippen LogP) is 2.79. The average molecular weight is 351 g/mol. The van der Waals surface area contributed by atoms with Crippen LogP contribution in [0.15, 0.2) is 12.4 Å². The molecule has 6 saturated carbocycles. The summed E-state index contributed by atoms with van der Waals surface area (Å²) in [6.45, 7) is 8.68. The fourth-order valence-corrected chi connectivity index (χ4v) is 8.79. The van der Waals surface area contributed by atoms with Gasteiger partial charge in [-0.15, -0.1) is 0 Å². The minimum absolute atomic E-state index is 0.0675. The van der Waals surface area contributed by atoms with E-state index in [1.54, 1.807) is 0 Å². The maximum Gasteiger partial charge on any atom is 0.229 e. The second kappa shape index (κ2) is 4.07. The zero-order valence-electron chi connectivity index (χ0n) is 16.1. The SMILES string of the molecule is CC(C)Cc1cnn(C2(C)CCN(C(=O)C34C5C6C7C5C3C7C64)CC2)c1. The van der Waals surface area contributed by atoms with E-state index in [0.29, 0.717) is 11.8 Å². The first kappa shape index (κ1) is 14.7. The highest BCUT2D eigenvalue weighted by Crippen LogP contribution is 3.06. The Morgan fingerprint density at radius 1 is 1.15 bits per heavy atom. The molecule has 1 amide bonds. The zero-order chi connectivity index (χ0) is 17.6. The lowest BCUT2D eigenvalue weighted by molar-refractivity contribution is -0.597. The predicted molar refractivity (Wildman–Crippen MR) is 97.1 cm³/mol. The van der Waals surface area contributed by atoms with Gasteiger partial charge in [0, 0.05) is 19.3 Å². The summed E-state index contributed by atoms with van der Waals surface area (Å²) in [7, 11) is 0. The van der Waals surface area contributed by atoms with Crippen molar-refractivity contribution in [1.29, 1.82) is 0 Å². The van der Waals surface area contributed by atoms with Crippen LogP contribution in [-0.4, -0.2) is 33.7 Å². The third-order valence-corrected chi connectivity index (χ3v) is 9.81. The van der Waals surface area contributed by atoms with Crippen molar-refractivity contribution in [2.45, 2.75) is 45.6 Å². The number of rotatable bonds is 4. The van der Waals surface area contributed by atoms with Crippen molar-refractivity contribution in [3.63, 3.8) is 0 Å². The van der Waals surface area contributed by atoms with Crippen molar-refractivity contribution >= 4 is 5.91 Å². The van der Waals surface area contributed by atoms with Gasteiger partial charge in [-0.05, 0) is 79.1 Å². The first-order valence-corrected chi connectivity index (χ1v) is 10.8. The van der Waals surface area contributed by atoms with E-state index >= 15 is 0 Å². The summed E-state index contributed by atoms with van der Waals surface area (Å²) in [6.07, 6.45) is 7.46. The Hall–Kier alpha value is -1.32. The summed E-state index contributed by atoms with van der Waals surface area (Å²) >= 11 is 0. The second-order valence-corrected chi connectivity index (χ2v) is 11.0. The van der Waals surface area contributed by atoms with Crippen LogP contribution >= 0.6 is 0 Å². The molecule has 2 heterocycles. The lowest BCUT2D eigenvalue weighted by Gasteiger charge is -3.06. The number of aromatic nitrogens is 2. The number of hydrogen-bond donors (Lipinski definition) is 0. The molecule has 0 radical (unpaired) electrons.